The van der Waals surface area contributed by atoms with Gasteiger partial charge in [-0.05, 0) is 38.5 Å². The number of nitrogens with zero attached hydrogens (tertiary/aromatic N) is 1. The molecule has 114 valence electrons. The highest BCUT2D eigenvalue weighted by molar-refractivity contribution is 8.77. The monoisotopic (exact) mass is 317 g/mol. The SMILES string of the molecule is O=C(O)C1CCCCN1C(=O)CCCCC1CCSS1. The lowest BCUT2D eigenvalue weighted by Gasteiger charge is -2.33. The van der Waals surface area contributed by atoms with Gasteiger partial charge in [0, 0.05) is 24.0 Å². The highest BCUT2D eigenvalue weighted by Crippen LogP contribution is 2.39. The van der Waals surface area contributed by atoms with Crippen LogP contribution >= 0.6 is 21.6 Å². The number of rotatable bonds is 6. The van der Waals surface area contributed by atoms with Crippen LogP contribution < -0.4 is 0 Å². The zero-order chi connectivity index (χ0) is 14.4. The summed E-state index contributed by atoms with van der Waals surface area (Å²) in [6.45, 7) is 0.616. The van der Waals surface area contributed by atoms with E-state index in [1.165, 1.54) is 18.6 Å². The number of carbonyl (C=O) groups is 2. The minimum Gasteiger partial charge on any atom is -0.480 e. The molecule has 0 bridgehead atoms. The average molecular weight is 317 g/mol. The van der Waals surface area contributed by atoms with Crippen LogP contribution in [0.2, 0.25) is 0 Å². The maximum absolute atomic E-state index is 12.2. The Bertz CT molecular complexity index is 345. The number of carbonyl (C=O) groups excluding carboxylic acids is 1. The molecule has 1 N–H and O–H groups in total. The van der Waals surface area contributed by atoms with Gasteiger partial charge < -0.3 is 10.0 Å². The van der Waals surface area contributed by atoms with Crippen LogP contribution in [0.25, 0.3) is 0 Å². The smallest absolute Gasteiger partial charge is 0.326 e. The number of piperidine rings is 1. The summed E-state index contributed by atoms with van der Waals surface area (Å²) in [5.41, 5.74) is 0. The summed E-state index contributed by atoms with van der Waals surface area (Å²) in [5, 5.41) is 9.93. The van der Waals surface area contributed by atoms with Crippen molar-refractivity contribution in [3.8, 4) is 0 Å². The van der Waals surface area contributed by atoms with E-state index in [0.717, 1.165) is 30.9 Å². The van der Waals surface area contributed by atoms with Crippen LogP contribution in [0.5, 0.6) is 0 Å². The Hall–Kier alpha value is -0.360. The van der Waals surface area contributed by atoms with Crippen molar-refractivity contribution < 1.29 is 14.7 Å². The number of hydrogen-bond acceptors (Lipinski definition) is 4. The Morgan fingerprint density at radius 1 is 1.20 bits per heavy atom. The summed E-state index contributed by atoms with van der Waals surface area (Å²) < 4.78 is 0. The van der Waals surface area contributed by atoms with Gasteiger partial charge in [0.15, 0.2) is 0 Å². The van der Waals surface area contributed by atoms with E-state index in [0.29, 0.717) is 19.4 Å². The molecule has 0 aliphatic carbocycles. The molecule has 20 heavy (non-hydrogen) atoms. The zero-order valence-corrected chi connectivity index (χ0v) is 13.4. The van der Waals surface area contributed by atoms with Crippen LogP contribution in [0.4, 0.5) is 0 Å². The van der Waals surface area contributed by atoms with E-state index in [2.05, 4.69) is 0 Å². The van der Waals surface area contributed by atoms with Crippen molar-refractivity contribution in [2.45, 2.75) is 62.7 Å². The molecule has 2 rings (SSSR count). The van der Waals surface area contributed by atoms with Gasteiger partial charge in [0.05, 0.1) is 0 Å². The lowest BCUT2D eigenvalue weighted by Crippen LogP contribution is -2.47. The molecule has 2 heterocycles. The van der Waals surface area contributed by atoms with E-state index in [-0.39, 0.29) is 5.91 Å². The second-order valence-corrected chi connectivity index (χ2v) is 8.30. The zero-order valence-electron chi connectivity index (χ0n) is 11.8. The molecule has 0 radical (unpaired) electrons. The number of carboxylic acid groups (broad SMARTS) is 1. The first-order valence-electron chi connectivity index (χ1n) is 7.49. The fraction of sp³-hybridized carbons (Fsp3) is 0.857. The van der Waals surface area contributed by atoms with Crippen molar-refractivity contribution in [3.05, 3.63) is 0 Å². The third-order valence-electron chi connectivity index (χ3n) is 4.00. The molecular weight excluding hydrogens is 294 g/mol. The van der Waals surface area contributed by atoms with Crippen LogP contribution in [0, 0.1) is 0 Å². The Labute approximate surface area is 128 Å². The van der Waals surface area contributed by atoms with Crippen molar-refractivity contribution in [1.29, 1.82) is 0 Å². The molecule has 0 aromatic carbocycles. The van der Waals surface area contributed by atoms with Crippen LogP contribution in [-0.4, -0.2) is 45.5 Å². The molecule has 1 amide bonds. The number of likely N-dealkylation sites (tertiary alicyclic amines) is 1. The first-order chi connectivity index (χ1) is 9.68. The second kappa shape index (κ2) is 8.17. The van der Waals surface area contributed by atoms with Gasteiger partial charge in [0.25, 0.3) is 0 Å². The van der Waals surface area contributed by atoms with Gasteiger partial charge in [-0.25, -0.2) is 4.79 Å². The fourth-order valence-electron chi connectivity index (χ4n) is 2.84. The van der Waals surface area contributed by atoms with Gasteiger partial charge >= 0.3 is 5.97 Å². The van der Waals surface area contributed by atoms with Gasteiger partial charge in [-0.2, -0.15) is 0 Å². The lowest BCUT2D eigenvalue weighted by molar-refractivity contribution is -0.152. The van der Waals surface area contributed by atoms with Crippen molar-refractivity contribution in [2.24, 2.45) is 0 Å². The van der Waals surface area contributed by atoms with E-state index in [9.17, 15) is 14.7 Å². The summed E-state index contributed by atoms with van der Waals surface area (Å²) in [5.74, 6) is 0.436. The molecular formula is C14H23NO3S2. The summed E-state index contributed by atoms with van der Waals surface area (Å²) in [6.07, 6.45) is 7.41. The molecule has 2 saturated heterocycles. The number of unbranched alkanes of at least 4 members (excludes halogenated alkanes) is 1. The Morgan fingerprint density at radius 3 is 2.75 bits per heavy atom. The van der Waals surface area contributed by atoms with Crippen LogP contribution in [0.1, 0.15) is 51.4 Å². The molecule has 6 heteroatoms. The van der Waals surface area contributed by atoms with Crippen LogP contribution in [0.3, 0.4) is 0 Å². The third-order valence-corrected chi connectivity index (χ3v) is 7.01. The summed E-state index contributed by atoms with van der Waals surface area (Å²) in [6, 6.07) is -0.585. The Morgan fingerprint density at radius 2 is 2.05 bits per heavy atom. The molecule has 2 aliphatic rings. The molecule has 2 unspecified atom stereocenters. The molecule has 0 saturated carbocycles. The number of amides is 1. The lowest BCUT2D eigenvalue weighted by atomic mass is 10.0. The third kappa shape index (κ3) is 4.58. The highest BCUT2D eigenvalue weighted by atomic mass is 33.1. The van der Waals surface area contributed by atoms with Crippen molar-refractivity contribution in [1.82, 2.24) is 4.90 Å². The van der Waals surface area contributed by atoms with Crippen LogP contribution in [-0.2, 0) is 9.59 Å². The first-order valence-corrected chi connectivity index (χ1v) is 9.87. The predicted molar refractivity (Wildman–Crippen MR) is 83.9 cm³/mol. The summed E-state index contributed by atoms with van der Waals surface area (Å²) >= 11 is 0. The highest BCUT2D eigenvalue weighted by Gasteiger charge is 2.31. The fourth-order valence-corrected chi connectivity index (χ4v) is 5.87. The van der Waals surface area contributed by atoms with Crippen molar-refractivity contribution in [3.63, 3.8) is 0 Å². The first kappa shape index (κ1) is 16.0. The van der Waals surface area contributed by atoms with Crippen LogP contribution in [0.15, 0.2) is 0 Å². The molecule has 4 nitrogen and oxygen atoms in total. The molecule has 0 spiro atoms. The van der Waals surface area contributed by atoms with E-state index in [4.69, 9.17) is 0 Å². The van der Waals surface area contributed by atoms with Gasteiger partial charge in [0.1, 0.15) is 6.04 Å². The molecule has 2 atom stereocenters. The largest absolute Gasteiger partial charge is 0.480 e. The maximum atomic E-state index is 12.2. The minimum atomic E-state index is -0.850. The predicted octanol–water partition coefficient (Wildman–Crippen LogP) is 3.17. The average Bonchev–Trinajstić information content (AvgIpc) is 2.96. The molecule has 0 aromatic rings. The number of carboxylic acids is 1. The van der Waals surface area contributed by atoms with E-state index >= 15 is 0 Å². The summed E-state index contributed by atoms with van der Waals surface area (Å²) in [4.78, 5) is 24.9. The number of hydrogen-bond donors (Lipinski definition) is 1. The Kier molecular flexibility index (Phi) is 6.55. The second-order valence-electron chi connectivity index (χ2n) is 5.51. The molecule has 2 aliphatic heterocycles. The molecule has 0 aromatic heterocycles. The van der Waals surface area contributed by atoms with Crippen molar-refractivity contribution >= 4 is 33.5 Å². The van der Waals surface area contributed by atoms with Crippen molar-refractivity contribution in [2.75, 3.05) is 12.3 Å². The number of aliphatic carboxylic acids is 1. The van der Waals surface area contributed by atoms with E-state index < -0.39 is 12.0 Å². The standard InChI is InChI=1S/C14H23NO3S2/c16-13(7-2-1-5-11-8-10-19-20-11)15-9-4-3-6-12(15)14(17)18/h11-12H,1-10H2,(H,17,18). The minimum absolute atomic E-state index is 0.0329. The normalized spacial score (nSPS) is 26.7. The Balaban J connectivity index is 1.68. The van der Waals surface area contributed by atoms with Gasteiger partial charge in [-0.3, -0.25) is 4.79 Å². The topological polar surface area (TPSA) is 57.6 Å². The summed E-state index contributed by atoms with van der Waals surface area (Å²) in [7, 11) is 3.93. The molecule has 2 fully saturated rings. The van der Waals surface area contributed by atoms with Gasteiger partial charge in [-0.1, -0.05) is 28.0 Å². The quantitative estimate of drug-likeness (QED) is 0.602. The van der Waals surface area contributed by atoms with E-state index in [1.54, 1.807) is 4.90 Å². The van der Waals surface area contributed by atoms with Gasteiger partial charge in [-0.15, -0.1) is 0 Å². The van der Waals surface area contributed by atoms with E-state index in [1.807, 2.05) is 21.6 Å². The van der Waals surface area contributed by atoms with Gasteiger partial charge in [0.2, 0.25) is 5.91 Å². The maximum Gasteiger partial charge on any atom is 0.326 e.